The first-order valence-corrected chi connectivity index (χ1v) is 15.2. The van der Waals surface area contributed by atoms with Crippen LogP contribution in [0.5, 0.6) is 0 Å². The van der Waals surface area contributed by atoms with E-state index in [-0.39, 0.29) is 22.9 Å². The smallest absolute Gasteiger partial charge is 0.250 e. The van der Waals surface area contributed by atoms with Gasteiger partial charge in [0.2, 0.25) is 21.8 Å². The molecule has 0 bridgehead atoms. The first-order chi connectivity index (χ1) is 18.5. The van der Waals surface area contributed by atoms with E-state index in [1.54, 1.807) is 24.3 Å². The number of piperidine rings is 1. The molecule has 39 heavy (non-hydrogen) atoms. The fourth-order valence-corrected chi connectivity index (χ4v) is 6.81. The first-order valence-electron chi connectivity index (χ1n) is 13.8. The zero-order valence-electron chi connectivity index (χ0n) is 22.8. The molecule has 9 nitrogen and oxygen atoms in total. The molecule has 0 radical (unpaired) electrons. The highest BCUT2D eigenvalue weighted by atomic mass is 32.2. The van der Waals surface area contributed by atoms with Crippen molar-refractivity contribution in [3.05, 3.63) is 42.5 Å². The zero-order chi connectivity index (χ0) is 27.5. The number of sulfonamides is 1. The maximum Gasteiger partial charge on any atom is 0.250 e. The van der Waals surface area contributed by atoms with Crippen molar-refractivity contribution in [3.8, 4) is 22.9 Å². The maximum atomic E-state index is 12.9. The van der Waals surface area contributed by atoms with Crippen LogP contribution in [0.1, 0.15) is 59.3 Å². The van der Waals surface area contributed by atoms with Crippen molar-refractivity contribution in [3.63, 3.8) is 0 Å². The van der Waals surface area contributed by atoms with Crippen LogP contribution in [0.2, 0.25) is 0 Å². The van der Waals surface area contributed by atoms with Crippen LogP contribution < -0.4 is 14.9 Å². The number of aliphatic hydroxyl groups excluding tert-OH is 1. The molecule has 2 saturated carbocycles. The van der Waals surface area contributed by atoms with Gasteiger partial charge in [-0.05, 0) is 101 Å². The lowest BCUT2D eigenvalue weighted by Gasteiger charge is -2.35. The van der Waals surface area contributed by atoms with Crippen molar-refractivity contribution in [2.24, 2.45) is 5.41 Å². The molecule has 1 saturated heterocycles. The summed E-state index contributed by atoms with van der Waals surface area (Å²) in [4.78, 5) is 2.56. The highest BCUT2D eigenvalue weighted by Crippen LogP contribution is 2.54. The van der Waals surface area contributed by atoms with E-state index in [4.69, 9.17) is 4.42 Å². The predicted molar refractivity (Wildman–Crippen MR) is 151 cm³/mol. The van der Waals surface area contributed by atoms with Gasteiger partial charge in [0.15, 0.2) is 0 Å². The summed E-state index contributed by atoms with van der Waals surface area (Å²) >= 11 is 0. The monoisotopic (exact) mass is 551 g/mol. The third-order valence-corrected chi connectivity index (χ3v) is 10.1. The molecule has 2 heterocycles. The summed E-state index contributed by atoms with van der Waals surface area (Å²) in [6.45, 7) is 7.76. The molecule has 3 N–H and O–H groups in total. The maximum absolute atomic E-state index is 12.9. The lowest BCUT2D eigenvalue weighted by molar-refractivity contribution is 0.234. The van der Waals surface area contributed by atoms with Crippen LogP contribution in [0.15, 0.2) is 51.8 Å². The van der Waals surface area contributed by atoms with Crippen LogP contribution >= 0.6 is 0 Å². The van der Waals surface area contributed by atoms with Crippen LogP contribution in [0.25, 0.3) is 22.9 Å². The van der Waals surface area contributed by atoms with Crippen LogP contribution in [-0.4, -0.2) is 54.5 Å². The third-order valence-electron chi connectivity index (χ3n) is 8.43. The van der Waals surface area contributed by atoms with Gasteiger partial charge in [-0.2, -0.15) is 0 Å². The number of anilines is 2. The number of hydrogen-bond donors (Lipinski definition) is 3. The quantitative estimate of drug-likeness (QED) is 0.347. The topological polar surface area (TPSA) is 121 Å². The number of hydrogen-bond acceptors (Lipinski definition) is 8. The van der Waals surface area contributed by atoms with Gasteiger partial charge in [0, 0.05) is 29.9 Å². The van der Waals surface area contributed by atoms with Gasteiger partial charge in [-0.25, -0.2) is 13.1 Å². The van der Waals surface area contributed by atoms with Crippen molar-refractivity contribution < 1.29 is 17.9 Å². The summed E-state index contributed by atoms with van der Waals surface area (Å²) in [7, 11) is -3.65. The van der Waals surface area contributed by atoms with E-state index in [1.165, 1.54) is 25.7 Å². The van der Waals surface area contributed by atoms with E-state index >= 15 is 0 Å². The Morgan fingerprint density at radius 1 is 1.00 bits per heavy atom. The number of nitrogens with one attached hydrogen (secondary N) is 2. The van der Waals surface area contributed by atoms with Crippen molar-refractivity contribution >= 4 is 21.4 Å². The molecule has 3 aliphatic rings. The van der Waals surface area contributed by atoms with Crippen molar-refractivity contribution in [1.29, 1.82) is 0 Å². The summed E-state index contributed by atoms with van der Waals surface area (Å²) in [6, 6.07) is 12.7. The van der Waals surface area contributed by atoms with Crippen LogP contribution in [-0.2, 0) is 10.0 Å². The summed E-state index contributed by atoms with van der Waals surface area (Å²) in [5.41, 5.74) is 3.03. The fourth-order valence-electron chi connectivity index (χ4n) is 5.30. The zero-order valence-corrected chi connectivity index (χ0v) is 23.6. The third kappa shape index (κ3) is 5.55. The normalized spacial score (nSPS) is 19.7. The number of aromatic nitrogens is 2. The second kappa shape index (κ2) is 9.31. The second-order valence-electron chi connectivity index (χ2n) is 12.5. The molecule has 2 aromatic carbocycles. The van der Waals surface area contributed by atoms with E-state index in [0.29, 0.717) is 16.9 Å². The molecule has 1 aliphatic heterocycles. The van der Waals surface area contributed by atoms with Gasteiger partial charge < -0.3 is 19.7 Å². The number of rotatable bonds is 9. The summed E-state index contributed by atoms with van der Waals surface area (Å²) < 4.78 is 34.8. The molecule has 208 valence electrons. The molecule has 1 aromatic heterocycles. The number of benzene rings is 2. The Bertz CT molecular complexity index is 1480. The average molecular weight is 552 g/mol. The molecule has 10 heteroatoms. The Hall–Kier alpha value is -2.95. The van der Waals surface area contributed by atoms with Gasteiger partial charge in [-0.1, -0.05) is 6.07 Å². The van der Waals surface area contributed by atoms with E-state index in [1.807, 2.05) is 32.9 Å². The van der Waals surface area contributed by atoms with Gasteiger partial charge in [0.25, 0.3) is 0 Å². The lowest BCUT2D eigenvalue weighted by Crippen LogP contribution is -2.36. The second-order valence-corrected chi connectivity index (χ2v) is 14.2. The summed E-state index contributed by atoms with van der Waals surface area (Å²) in [5, 5.41) is 21.8. The lowest BCUT2D eigenvalue weighted by atomic mass is 9.93. The molecule has 2 aliphatic carbocycles. The van der Waals surface area contributed by atoms with E-state index < -0.39 is 15.6 Å². The molecule has 0 amide bonds. The van der Waals surface area contributed by atoms with Gasteiger partial charge in [-0.15, -0.1) is 10.2 Å². The highest BCUT2D eigenvalue weighted by molar-refractivity contribution is 7.89. The Balaban J connectivity index is 1.31. The van der Waals surface area contributed by atoms with Gasteiger partial charge in [-0.3, -0.25) is 0 Å². The highest BCUT2D eigenvalue weighted by Gasteiger charge is 2.45. The Kier molecular flexibility index (Phi) is 6.28. The van der Waals surface area contributed by atoms with E-state index in [2.05, 4.69) is 31.2 Å². The molecule has 0 atom stereocenters. The number of nitrogens with zero attached hydrogens (tertiary/aromatic N) is 3. The van der Waals surface area contributed by atoms with Crippen LogP contribution in [0.3, 0.4) is 0 Å². The van der Waals surface area contributed by atoms with Gasteiger partial charge >= 0.3 is 0 Å². The number of aliphatic hydroxyl groups is 1. The minimum absolute atomic E-state index is 0.00683. The van der Waals surface area contributed by atoms with Gasteiger partial charge in [0.1, 0.15) is 0 Å². The van der Waals surface area contributed by atoms with E-state index in [9.17, 15) is 13.5 Å². The molecule has 3 aromatic rings. The summed E-state index contributed by atoms with van der Waals surface area (Å²) in [6.07, 6.45) is 6.69. The first kappa shape index (κ1) is 26.3. The Labute approximate surface area is 230 Å². The molecule has 1 spiro atoms. The van der Waals surface area contributed by atoms with Crippen LogP contribution in [0.4, 0.5) is 11.4 Å². The fraction of sp³-hybridized carbons (Fsp3) is 0.517. The van der Waals surface area contributed by atoms with Crippen LogP contribution in [0, 0.1) is 5.41 Å². The average Bonchev–Trinajstić information content (AvgIpc) is 3.78. The van der Waals surface area contributed by atoms with Crippen molar-refractivity contribution in [1.82, 2.24) is 14.9 Å². The Morgan fingerprint density at radius 3 is 2.38 bits per heavy atom. The Morgan fingerprint density at radius 2 is 1.72 bits per heavy atom. The van der Waals surface area contributed by atoms with Crippen molar-refractivity contribution in [2.45, 2.75) is 75.3 Å². The predicted octanol–water partition coefficient (Wildman–Crippen LogP) is 4.80. The standard InChI is InChI=1S/C29H37N5O4S/c1-27(2,19-35)30-21-7-8-23(24(18-21)34-15-13-29(11-12-29)14-16-34)26-32-31-25(38-26)20-5-4-6-22(17-20)39(36,37)33-28(3)9-10-28/h4-8,17-18,30,33,35H,9-16,19H2,1-3H3. The largest absolute Gasteiger partial charge is 0.416 e. The van der Waals surface area contributed by atoms with E-state index in [0.717, 1.165) is 42.9 Å². The molecular weight excluding hydrogens is 514 g/mol. The molecule has 3 fully saturated rings. The summed E-state index contributed by atoms with van der Waals surface area (Å²) in [5.74, 6) is 0.654. The SMILES string of the molecule is CC(C)(CO)Nc1ccc(-c2nnc(-c3cccc(S(=O)(=O)NC4(C)CC4)c3)o2)c(N2CCC3(CC2)CC3)c1. The minimum Gasteiger partial charge on any atom is -0.416 e. The van der Waals surface area contributed by atoms with Gasteiger partial charge in [0.05, 0.1) is 28.3 Å². The minimum atomic E-state index is -3.65. The molecule has 6 rings (SSSR count). The molecule has 0 unspecified atom stereocenters. The molecular formula is C29H37N5O4S. The van der Waals surface area contributed by atoms with Crippen molar-refractivity contribution in [2.75, 3.05) is 29.9 Å².